The van der Waals surface area contributed by atoms with Gasteiger partial charge in [-0.15, -0.1) is 0 Å². The average Bonchev–Trinajstić information content (AvgIpc) is 2.97. The summed E-state index contributed by atoms with van der Waals surface area (Å²) in [5.74, 6) is 0.693. The van der Waals surface area contributed by atoms with Gasteiger partial charge in [0.2, 0.25) is 0 Å². The van der Waals surface area contributed by atoms with Gasteiger partial charge in [0.05, 0.1) is 19.2 Å². The molecule has 0 radical (unpaired) electrons. The predicted molar refractivity (Wildman–Crippen MR) is 79.2 cm³/mol. The van der Waals surface area contributed by atoms with Crippen LogP contribution in [0.2, 0.25) is 0 Å². The first-order chi connectivity index (χ1) is 9.40. The molecule has 0 aliphatic carbocycles. The van der Waals surface area contributed by atoms with Gasteiger partial charge in [0.15, 0.2) is 0 Å². The van der Waals surface area contributed by atoms with Crippen LogP contribution < -0.4 is 5.32 Å². The van der Waals surface area contributed by atoms with Crippen molar-refractivity contribution in [2.24, 2.45) is 5.92 Å². The van der Waals surface area contributed by atoms with Gasteiger partial charge in [-0.1, -0.05) is 37.3 Å². The summed E-state index contributed by atoms with van der Waals surface area (Å²) in [6, 6.07) is 10.9. The van der Waals surface area contributed by atoms with Gasteiger partial charge >= 0.3 is 0 Å². The maximum absolute atomic E-state index is 5.93. The number of hydrogen-bond donors (Lipinski definition) is 1. The summed E-state index contributed by atoms with van der Waals surface area (Å²) in [6.07, 6.45) is 6.71. The fraction of sp³-hybridized carbons (Fsp3) is 0.647. The molecule has 2 heteroatoms. The number of hydrogen-bond acceptors (Lipinski definition) is 1. The number of ether oxygens (including phenoxy) is 1. The van der Waals surface area contributed by atoms with Gasteiger partial charge in [-0.25, -0.2) is 0 Å². The SMILES string of the molecule is CCC[NH2+]CC[C@@H](Cc1ccccc1)[C@H]1CCCO1. The summed E-state index contributed by atoms with van der Waals surface area (Å²) in [4.78, 5) is 0. The summed E-state index contributed by atoms with van der Waals surface area (Å²) < 4.78 is 5.93. The Morgan fingerprint density at radius 3 is 2.79 bits per heavy atom. The Balaban J connectivity index is 1.86. The van der Waals surface area contributed by atoms with Gasteiger partial charge < -0.3 is 10.1 Å². The number of benzene rings is 1. The minimum atomic E-state index is 0.496. The van der Waals surface area contributed by atoms with Gasteiger partial charge in [-0.3, -0.25) is 0 Å². The second kappa shape index (κ2) is 8.34. The molecule has 1 saturated heterocycles. The van der Waals surface area contributed by atoms with Crippen LogP contribution in [-0.2, 0) is 11.2 Å². The lowest BCUT2D eigenvalue weighted by atomic mass is 9.89. The van der Waals surface area contributed by atoms with Crippen LogP contribution in [-0.4, -0.2) is 25.8 Å². The molecule has 2 atom stereocenters. The first-order valence-corrected chi connectivity index (χ1v) is 7.87. The van der Waals surface area contributed by atoms with Crippen molar-refractivity contribution >= 4 is 0 Å². The van der Waals surface area contributed by atoms with E-state index in [1.165, 1.54) is 50.8 Å². The van der Waals surface area contributed by atoms with Crippen LogP contribution in [0.5, 0.6) is 0 Å². The van der Waals surface area contributed by atoms with Crippen molar-refractivity contribution in [3.63, 3.8) is 0 Å². The molecule has 1 heterocycles. The third-order valence-corrected chi connectivity index (χ3v) is 4.07. The second-order valence-electron chi connectivity index (χ2n) is 5.66. The van der Waals surface area contributed by atoms with Crippen LogP contribution in [0.1, 0.15) is 38.2 Å². The Morgan fingerprint density at radius 1 is 1.26 bits per heavy atom. The standard InChI is InChI=1S/C17H27NO/c1-2-11-18-12-10-16(17-9-6-13-19-17)14-15-7-4-3-5-8-15/h3-5,7-8,16-18H,2,6,9-14H2,1H3/p+1/t16-,17+/m0/s1. The molecule has 0 unspecified atom stereocenters. The Hall–Kier alpha value is -0.860. The van der Waals surface area contributed by atoms with Crippen LogP contribution in [0.25, 0.3) is 0 Å². The second-order valence-corrected chi connectivity index (χ2v) is 5.66. The van der Waals surface area contributed by atoms with E-state index in [0.717, 1.165) is 6.61 Å². The average molecular weight is 262 g/mol. The van der Waals surface area contributed by atoms with E-state index in [-0.39, 0.29) is 0 Å². The zero-order chi connectivity index (χ0) is 13.3. The smallest absolute Gasteiger partial charge is 0.0759 e. The highest BCUT2D eigenvalue weighted by molar-refractivity contribution is 5.15. The topological polar surface area (TPSA) is 25.8 Å². The molecule has 106 valence electrons. The molecule has 1 aromatic carbocycles. The summed E-state index contributed by atoms with van der Waals surface area (Å²) in [6.45, 7) is 5.71. The van der Waals surface area contributed by atoms with Crippen LogP contribution in [0, 0.1) is 5.92 Å². The molecule has 1 aliphatic rings. The molecule has 19 heavy (non-hydrogen) atoms. The first kappa shape index (κ1) is 14.5. The molecular weight excluding hydrogens is 234 g/mol. The summed E-state index contributed by atoms with van der Waals surface area (Å²) in [7, 11) is 0. The molecule has 1 aromatic rings. The number of nitrogens with two attached hydrogens (primary N) is 1. The van der Waals surface area contributed by atoms with E-state index in [0.29, 0.717) is 12.0 Å². The Bertz CT molecular complexity index is 332. The zero-order valence-electron chi connectivity index (χ0n) is 12.2. The van der Waals surface area contributed by atoms with Crippen molar-refractivity contribution in [2.75, 3.05) is 19.7 Å². The molecule has 0 bridgehead atoms. The minimum Gasteiger partial charge on any atom is -0.378 e. The fourth-order valence-electron chi connectivity index (χ4n) is 2.99. The van der Waals surface area contributed by atoms with E-state index in [1.807, 2.05) is 0 Å². The lowest BCUT2D eigenvalue weighted by Gasteiger charge is -2.22. The largest absolute Gasteiger partial charge is 0.378 e. The lowest BCUT2D eigenvalue weighted by Crippen LogP contribution is -2.84. The van der Waals surface area contributed by atoms with Crippen LogP contribution >= 0.6 is 0 Å². The summed E-state index contributed by atoms with van der Waals surface area (Å²) in [5, 5.41) is 2.45. The molecule has 2 N–H and O–H groups in total. The van der Waals surface area contributed by atoms with Gasteiger partial charge in [0.25, 0.3) is 0 Å². The highest BCUT2D eigenvalue weighted by Gasteiger charge is 2.26. The Kier molecular flexibility index (Phi) is 6.38. The van der Waals surface area contributed by atoms with Crippen LogP contribution in [0.15, 0.2) is 30.3 Å². The monoisotopic (exact) mass is 262 g/mol. The predicted octanol–water partition coefficient (Wildman–Crippen LogP) is 2.39. The lowest BCUT2D eigenvalue weighted by molar-refractivity contribution is -0.655. The fourth-order valence-corrected chi connectivity index (χ4v) is 2.99. The minimum absolute atomic E-state index is 0.496. The highest BCUT2D eigenvalue weighted by Crippen LogP contribution is 2.25. The van der Waals surface area contributed by atoms with Crippen molar-refractivity contribution in [2.45, 2.75) is 45.1 Å². The van der Waals surface area contributed by atoms with Crippen molar-refractivity contribution in [1.82, 2.24) is 0 Å². The Morgan fingerprint density at radius 2 is 2.11 bits per heavy atom. The highest BCUT2D eigenvalue weighted by atomic mass is 16.5. The maximum Gasteiger partial charge on any atom is 0.0759 e. The molecular formula is C17H28NO+. The number of rotatable bonds is 8. The third-order valence-electron chi connectivity index (χ3n) is 4.07. The molecule has 2 rings (SSSR count). The van der Waals surface area contributed by atoms with Crippen molar-refractivity contribution in [1.29, 1.82) is 0 Å². The molecule has 0 saturated carbocycles. The zero-order valence-corrected chi connectivity index (χ0v) is 12.2. The van der Waals surface area contributed by atoms with Crippen molar-refractivity contribution in [3.8, 4) is 0 Å². The van der Waals surface area contributed by atoms with E-state index in [4.69, 9.17) is 4.74 Å². The van der Waals surface area contributed by atoms with Gasteiger partial charge in [0.1, 0.15) is 0 Å². The summed E-state index contributed by atoms with van der Waals surface area (Å²) in [5.41, 5.74) is 1.46. The van der Waals surface area contributed by atoms with Crippen LogP contribution in [0.3, 0.4) is 0 Å². The molecule has 0 spiro atoms. The Labute approximate surface area is 117 Å². The number of quaternary nitrogens is 1. The third kappa shape index (κ3) is 4.96. The molecule has 2 nitrogen and oxygen atoms in total. The molecule has 0 amide bonds. The quantitative estimate of drug-likeness (QED) is 0.715. The maximum atomic E-state index is 5.93. The van der Waals surface area contributed by atoms with Gasteiger partial charge in [0, 0.05) is 13.0 Å². The van der Waals surface area contributed by atoms with E-state index < -0.39 is 0 Å². The van der Waals surface area contributed by atoms with E-state index in [1.54, 1.807) is 0 Å². The van der Waals surface area contributed by atoms with E-state index in [2.05, 4.69) is 42.6 Å². The van der Waals surface area contributed by atoms with E-state index in [9.17, 15) is 0 Å². The first-order valence-electron chi connectivity index (χ1n) is 7.87. The summed E-state index contributed by atoms with van der Waals surface area (Å²) >= 11 is 0. The van der Waals surface area contributed by atoms with Crippen molar-refractivity contribution < 1.29 is 10.1 Å². The van der Waals surface area contributed by atoms with Gasteiger partial charge in [-0.2, -0.15) is 0 Å². The van der Waals surface area contributed by atoms with Gasteiger partial charge in [-0.05, 0) is 37.2 Å². The van der Waals surface area contributed by atoms with E-state index >= 15 is 0 Å². The molecule has 0 aromatic heterocycles. The van der Waals surface area contributed by atoms with Crippen molar-refractivity contribution in [3.05, 3.63) is 35.9 Å². The molecule has 1 fully saturated rings. The van der Waals surface area contributed by atoms with Crippen LogP contribution in [0.4, 0.5) is 0 Å². The normalized spacial score (nSPS) is 20.6. The molecule has 1 aliphatic heterocycles.